The first-order chi connectivity index (χ1) is 32.6. The number of carbonyl (C=O) groups is 12. The molecular weight excluding hydrogens is 921 g/mol. The summed E-state index contributed by atoms with van der Waals surface area (Å²) in [5.41, 5.74) is 5.36. The molecule has 0 aromatic heterocycles. The molecule has 10 atom stereocenters. The molecule has 0 radical (unpaired) electrons. The molecule has 70 heavy (non-hydrogen) atoms. The van der Waals surface area contributed by atoms with E-state index in [1.807, 2.05) is 0 Å². The largest absolute Gasteiger partial charge is 0.481 e. The summed E-state index contributed by atoms with van der Waals surface area (Å²) < 4.78 is 0. The highest BCUT2D eigenvalue weighted by molar-refractivity contribution is 5.99. The Hall–Kier alpha value is -6.40. The Morgan fingerprint density at radius 1 is 0.571 bits per heavy atom. The Labute approximate surface area is 407 Å². The van der Waals surface area contributed by atoms with Gasteiger partial charge in [0.1, 0.15) is 48.3 Å². The van der Waals surface area contributed by atoms with Crippen molar-refractivity contribution in [3.8, 4) is 0 Å². The van der Waals surface area contributed by atoms with Crippen molar-refractivity contribution in [3.05, 3.63) is 0 Å². The van der Waals surface area contributed by atoms with Gasteiger partial charge in [0.25, 0.3) is 0 Å². The third-order valence-electron chi connectivity index (χ3n) is 11.7. The summed E-state index contributed by atoms with van der Waals surface area (Å²) in [6, 6.07) is -11.7. The zero-order chi connectivity index (χ0) is 53.6. The fourth-order valence-corrected chi connectivity index (χ4v) is 7.58. The normalized spacial score (nSPS) is 17.0. The second kappa shape index (κ2) is 30.3. The standard InChI is InChI=1S/C45H76N10O15/c1-10-23(6)36(43(67)51-29(18-32(46)58)40(64)50-30(19-34(60)61)41(65)52-31(45(69)70)16-21(2)3)55-42(66)35(22(4)5)54-44(68)37(25(8)56)53-33(59)20-47-38(62)24(7)48-39(63)28(49-26(9)57)17-27-14-12-11-13-15-27/h21-25,27-31,35-37,56H,10-20H2,1-9H3,(H2,46,58)(H,47,62)(H,48,63)(H,49,57)(H,50,64)(H,51,67)(H,52,65)(H,53,59)(H,54,68)(H,55,66)(H,60,61)(H,69,70)/t23-,24-,25+,28-,29-,30-,31-,35-,36-,37-/m0/s1. The number of nitrogens with one attached hydrogen (secondary N) is 9. The van der Waals surface area contributed by atoms with E-state index in [1.165, 1.54) is 20.8 Å². The van der Waals surface area contributed by atoms with Crippen molar-refractivity contribution in [2.75, 3.05) is 6.54 Å². The average Bonchev–Trinajstić information content (AvgIpc) is 3.26. The van der Waals surface area contributed by atoms with Gasteiger partial charge < -0.3 is 68.9 Å². The average molecular weight is 997 g/mol. The van der Waals surface area contributed by atoms with Gasteiger partial charge in [-0.25, -0.2) is 4.79 Å². The molecular formula is C45H76N10O15. The third-order valence-corrected chi connectivity index (χ3v) is 11.7. The van der Waals surface area contributed by atoms with Crippen LogP contribution >= 0.6 is 0 Å². The molecule has 0 aromatic rings. The zero-order valence-electron chi connectivity index (χ0n) is 41.6. The quantitative estimate of drug-likeness (QED) is 0.0356. The molecule has 0 bridgehead atoms. The molecule has 0 unspecified atom stereocenters. The fourth-order valence-electron chi connectivity index (χ4n) is 7.58. The second-order valence-electron chi connectivity index (χ2n) is 18.7. The van der Waals surface area contributed by atoms with Crippen molar-refractivity contribution in [2.24, 2.45) is 29.4 Å². The van der Waals surface area contributed by atoms with Gasteiger partial charge in [0.2, 0.25) is 59.1 Å². The molecule has 0 aliphatic heterocycles. The first kappa shape index (κ1) is 61.6. The number of carboxylic acids is 2. The van der Waals surface area contributed by atoms with Gasteiger partial charge in [0, 0.05) is 6.92 Å². The van der Waals surface area contributed by atoms with Gasteiger partial charge in [-0.15, -0.1) is 0 Å². The van der Waals surface area contributed by atoms with Crippen molar-refractivity contribution in [1.29, 1.82) is 0 Å². The van der Waals surface area contributed by atoms with Crippen LogP contribution in [0, 0.1) is 23.7 Å². The number of hydrogen-bond donors (Lipinski definition) is 13. The number of rotatable bonds is 30. The lowest BCUT2D eigenvalue weighted by atomic mass is 9.84. The maximum absolute atomic E-state index is 13.9. The number of carbonyl (C=O) groups excluding carboxylic acids is 10. The fraction of sp³-hybridized carbons (Fsp3) is 0.733. The summed E-state index contributed by atoms with van der Waals surface area (Å²) >= 11 is 0. The second-order valence-corrected chi connectivity index (χ2v) is 18.7. The first-order valence-corrected chi connectivity index (χ1v) is 23.6. The SMILES string of the molecule is CC[C@H](C)[C@H](NC(=O)[C@@H](NC(=O)[C@@H](NC(=O)CNC(=O)[C@H](C)NC(=O)[C@H](CC1CCCCC1)NC(C)=O)[C@@H](C)O)C(C)C)C(=O)N[C@@H](CC(N)=O)C(=O)N[C@@H](CC(=O)O)C(=O)N[C@@H](CC(C)C)C(=O)O. The number of hydrogen-bond acceptors (Lipinski definition) is 13. The maximum atomic E-state index is 13.9. The van der Waals surface area contributed by atoms with Gasteiger partial charge in [0.05, 0.1) is 25.5 Å². The van der Waals surface area contributed by atoms with E-state index in [-0.39, 0.29) is 24.7 Å². The van der Waals surface area contributed by atoms with E-state index < -0.39 is 157 Å². The Bertz CT molecular complexity index is 1870. The summed E-state index contributed by atoms with van der Waals surface area (Å²) in [7, 11) is 0. The van der Waals surface area contributed by atoms with E-state index in [1.54, 1.807) is 41.5 Å². The molecule has 1 aliphatic carbocycles. The number of aliphatic hydroxyl groups excluding tert-OH is 1. The molecule has 1 saturated carbocycles. The summed E-state index contributed by atoms with van der Waals surface area (Å²) in [4.78, 5) is 154. The van der Waals surface area contributed by atoms with Crippen LogP contribution in [-0.4, -0.2) is 147 Å². The molecule has 0 spiro atoms. The predicted molar refractivity (Wildman–Crippen MR) is 250 cm³/mol. The van der Waals surface area contributed by atoms with Crippen LogP contribution in [0.3, 0.4) is 0 Å². The van der Waals surface area contributed by atoms with E-state index in [9.17, 15) is 72.9 Å². The van der Waals surface area contributed by atoms with Crippen molar-refractivity contribution in [3.63, 3.8) is 0 Å². The first-order valence-electron chi connectivity index (χ1n) is 23.6. The van der Waals surface area contributed by atoms with Crippen LogP contribution in [0.25, 0.3) is 0 Å². The molecule has 25 nitrogen and oxygen atoms in total. The Balaban J connectivity index is 3.13. The highest BCUT2D eigenvalue weighted by Crippen LogP contribution is 2.27. The van der Waals surface area contributed by atoms with Crippen molar-refractivity contribution in [1.82, 2.24) is 47.9 Å². The Morgan fingerprint density at radius 3 is 1.56 bits per heavy atom. The van der Waals surface area contributed by atoms with Crippen LogP contribution in [-0.2, 0) is 57.5 Å². The highest BCUT2D eigenvalue weighted by atomic mass is 16.4. The van der Waals surface area contributed by atoms with Crippen LogP contribution in [0.15, 0.2) is 0 Å². The third kappa shape index (κ3) is 22.4. The van der Waals surface area contributed by atoms with E-state index in [0.29, 0.717) is 6.42 Å². The molecule has 1 fully saturated rings. The van der Waals surface area contributed by atoms with E-state index in [4.69, 9.17) is 5.73 Å². The van der Waals surface area contributed by atoms with Gasteiger partial charge in [-0.3, -0.25) is 52.7 Å². The zero-order valence-corrected chi connectivity index (χ0v) is 41.6. The number of carboxylic acid groups (broad SMARTS) is 2. The minimum absolute atomic E-state index is 0.0350. The van der Waals surface area contributed by atoms with E-state index in [0.717, 1.165) is 32.1 Å². The van der Waals surface area contributed by atoms with Gasteiger partial charge >= 0.3 is 11.9 Å². The number of aliphatic carboxylic acids is 2. The molecule has 1 rings (SSSR count). The van der Waals surface area contributed by atoms with Crippen LogP contribution in [0.5, 0.6) is 0 Å². The molecule has 14 N–H and O–H groups in total. The topological polar surface area (TPSA) is 400 Å². The summed E-state index contributed by atoms with van der Waals surface area (Å²) in [5, 5.41) is 51.0. The summed E-state index contributed by atoms with van der Waals surface area (Å²) in [5.74, 6) is -13.5. The van der Waals surface area contributed by atoms with Crippen LogP contribution in [0.4, 0.5) is 0 Å². The maximum Gasteiger partial charge on any atom is 0.326 e. The summed E-state index contributed by atoms with van der Waals surface area (Å²) in [6.07, 6.45) is 2.17. The molecule has 0 saturated heterocycles. The number of primary amides is 1. The lowest BCUT2D eigenvalue weighted by Crippen LogP contribution is -2.62. The number of nitrogens with two attached hydrogens (primary N) is 1. The van der Waals surface area contributed by atoms with Gasteiger partial charge in [-0.1, -0.05) is 80.1 Å². The van der Waals surface area contributed by atoms with E-state index in [2.05, 4.69) is 47.9 Å². The smallest absolute Gasteiger partial charge is 0.326 e. The van der Waals surface area contributed by atoms with Crippen LogP contribution < -0.4 is 53.6 Å². The van der Waals surface area contributed by atoms with Crippen LogP contribution in [0.1, 0.15) is 127 Å². The van der Waals surface area contributed by atoms with Gasteiger partial charge in [-0.05, 0) is 50.4 Å². The molecule has 25 heteroatoms. The molecule has 396 valence electrons. The lowest BCUT2D eigenvalue weighted by molar-refractivity contribution is -0.144. The molecule has 0 heterocycles. The Kier molecular flexibility index (Phi) is 26.6. The molecule has 1 aliphatic rings. The predicted octanol–water partition coefficient (Wildman–Crippen LogP) is -2.45. The molecule has 0 aromatic carbocycles. The number of amides is 10. The molecule has 10 amide bonds. The van der Waals surface area contributed by atoms with Crippen LogP contribution in [0.2, 0.25) is 0 Å². The van der Waals surface area contributed by atoms with Gasteiger partial charge in [0.15, 0.2) is 0 Å². The highest BCUT2D eigenvalue weighted by Gasteiger charge is 2.37. The Morgan fingerprint density at radius 2 is 1.07 bits per heavy atom. The van der Waals surface area contributed by atoms with Crippen molar-refractivity contribution >= 4 is 71.0 Å². The minimum Gasteiger partial charge on any atom is -0.481 e. The van der Waals surface area contributed by atoms with Crippen molar-refractivity contribution in [2.45, 2.75) is 181 Å². The number of aliphatic hydroxyl groups is 1. The lowest BCUT2D eigenvalue weighted by Gasteiger charge is -2.30. The summed E-state index contributed by atoms with van der Waals surface area (Å²) in [6.45, 7) is 12.8. The minimum atomic E-state index is -1.87. The monoisotopic (exact) mass is 997 g/mol. The van der Waals surface area contributed by atoms with Gasteiger partial charge in [-0.2, -0.15) is 0 Å². The van der Waals surface area contributed by atoms with Crippen molar-refractivity contribution < 1.29 is 72.9 Å². The van der Waals surface area contributed by atoms with E-state index >= 15 is 0 Å².